The van der Waals surface area contributed by atoms with E-state index >= 15 is 0 Å². The number of carbonyl (C=O) groups excluding carboxylic acids is 1. The summed E-state index contributed by atoms with van der Waals surface area (Å²) in [5.74, 6) is 0. The molecule has 0 aromatic rings. The molecule has 58 valence electrons. The smallest absolute Gasteiger partial charge is 0.211 e. The van der Waals surface area contributed by atoms with Crippen LogP contribution >= 0.6 is 11.8 Å². The van der Waals surface area contributed by atoms with Crippen LogP contribution in [0.15, 0.2) is 16.5 Å². The fourth-order valence-corrected chi connectivity index (χ4v) is 2.19. The van der Waals surface area contributed by atoms with Crippen LogP contribution in [0.2, 0.25) is 0 Å². The molecule has 1 aliphatic rings. The second-order valence-corrected chi connectivity index (χ2v) is 3.58. The van der Waals surface area contributed by atoms with Gasteiger partial charge >= 0.3 is 0 Å². The third-order valence-corrected chi connectivity index (χ3v) is 2.85. The van der Waals surface area contributed by atoms with Gasteiger partial charge in [-0.3, -0.25) is 0 Å². The molecule has 1 rings (SSSR count). The van der Waals surface area contributed by atoms with Gasteiger partial charge in [0.15, 0.2) is 5.37 Å². The first kappa shape index (κ1) is 8.26. The molecule has 0 saturated carbocycles. The summed E-state index contributed by atoms with van der Waals surface area (Å²) >= 11 is 1.16. The van der Waals surface area contributed by atoms with Crippen LogP contribution in [0, 0.1) is 0 Å². The predicted molar refractivity (Wildman–Crippen MR) is 42.6 cm³/mol. The van der Waals surface area contributed by atoms with E-state index < -0.39 is 15.7 Å². The maximum absolute atomic E-state index is 10.4. The van der Waals surface area contributed by atoms with Crippen molar-refractivity contribution in [2.24, 2.45) is 4.99 Å². The van der Waals surface area contributed by atoms with Gasteiger partial charge in [-0.05, 0) is 11.5 Å². The quantitative estimate of drug-likeness (QED) is 0.330. The first-order chi connectivity index (χ1) is 5.25. The lowest BCUT2D eigenvalue weighted by molar-refractivity contribution is 0.563. The highest BCUT2D eigenvalue weighted by Crippen LogP contribution is 2.21. The Morgan fingerprint density at radius 2 is 2.36 bits per heavy atom. The Hall–Kier alpha value is -0.840. The molecule has 4 nitrogen and oxygen atoms in total. The third-order valence-electron chi connectivity index (χ3n) is 1.05. The van der Waals surface area contributed by atoms with Gasteiger partial charge in [0.05, 0.1) is 0 Å². The van der Waals surface area contributed by atoms with Crippen LogP contribution in [-0.4, -0.2) is 24.7 Å². The number of thioether (sulfide) groups is 1. The second kappa shape index (κ2) is 3.52. The van der Waals surface area contributed by atoms with E-state index in [1.807, 2.05) is 0 Å². The normalized spacial score (nSPS) is 21.5. The van der Waals surface area contributed by atoms with Crippen molar-refractivity contribution >= 4 is 33.0 Å². The van der Waals surface area contributed by atoms with Crippen LogP contribution in [0.3, 0.4) is 0 Å². The van der Waals surface area contributed by atoms with E-state index in [0.29, 0.717) is 0 Å². The summed E-state index contributed by atoms with van der Waals surface area (Å²) in [5.41, 5.74) is 0. The van der Waals surface area contributed by atoms with Crippen molar-refractivity contribution in [3.63, 3.8) is 0 Å². The number of rotatable bonds is 1. The van der Waals surface area contributed by atoms with E-state index in [2.05, 4.69) is 4.99 Å². The Balaban J connectivity index is 3.08. The Kier molecular flexibility index (Phi) is 2.64. The average Bonchev–Trinajstić information content (AvgIpc) is 2.36. The number of isocyanates is 1. The molecule has 11 heavy (non-hydrogen) atoms. The first-order valence-corrected chi connectivity index (χ1v) is 4.62. The fourth-order valence-electron chi connectivity index (χ4n) is 0.610. The van der Waals surface area contributed by atoms with Gasteiger partial charge < -0.3 is 0 Å². The van der Waals surface area contributed by atoms with Gasteiger partial charge in [0.1, 0.15) is 4.86 Å². The van der Waals surface area contributed by atoms with Crippen molar-refractivity contribution in [1.29, 1.82) is 0 Å². The maximum Gasteiger partial charge on any atom is 0.236 e. The molecule has 1 heterocycles. The van der Waals surface area contributed by atoms with Crippen LogP contribution in [0.5, 0.6) is 0 Å². The molecule has 6 heteroatoms. The molecule has 0 amide bonds. The molecule has 0 radical (unpaired) electrons. The highest BCUT2D eigenvalue weighted by atomic mass is 32.2. The molecule has 0 aromatic carbocycles. The number of hydrogen-bond donors (Lipinski definition) is 0. The summed E-state index contributed by atoms with van der Waals surface area (Å²) in [6.45, 7) is 0. The lowest BCUT2D eigenvalue weighted by atomic mass is 10.4. The van der Waals surface area contributed by atoms with Crippen molar-refractivity contribution < 1.29 is 13.2 Å². The molecule has 0 bridgehead atoms. The molecule has 0 aliphatic carbocycles. The molecule has 0 N–H and O–H groups in total. The Morgan fingerprint density at radius 3 is 2.91 bits per heavy atom. The van der Waals surface area contributed by atoms with Crippen molar-refractivity contribution in [3.8, 4) is 0 Å². The molecular weight excluding hydrogens is 186 g/mol. The summed E-state index contributed by atoms with van der Waals surface area (Å²) in [4.78, 5) is 13.2. The van der Waals surface area contributed by atoms with Crippen molar-refractivity contribution in [1.82, 2.24) is 0 Å². The molecule has 1 unspecified atom stereocenters. The zero-order valence-electron chi connectivity index (χ0n) is 5.22. The molecule has 1 aliphatic heterocycles. The SMILES string of the molecule is O=C=NC1SC=CC1=S(=O)=O. The van der Waals surface area contributed by atoms with E-state index in [1.54, 1.807) is 5.41 Å². The summed E-state index contributed by atoms with van der Waals surface area (Å²) in [5, 5.41) is 0.960. The van der Waals surface area contributed by atoms with Crippen LogP contribution in [-0.2, 0) is 15.1 Å². The minimum atomic E-state index is -2.29. The lowest BCUT2D eigenvalue weighted by Gasteiger charge is -1.94. The van der Waals surface area contributed by atoms with Crippen molar-refractivity contribution in [2.75, 3.05) is 0 Å². The van der Waals surface area contributed by atoms with Crippen LogP contribution < -0.4 is 0 Å². The van der Waals surface area contributed by atoms with Crippen LogP contribution in [0.1, 0.15) is 0 Å². The minimum absolute atomic E-state index is 0.123. The summed E-state index contributed by atoms with van der Waals surface area (Å²) in [7, 11) is -2.29. The summed E-state index contributed by atoms with van der Waals surface area (Å²) < 4.78 is 20.8. The predicted octanol–water partition coefficient (Wildman–Crippen LogP) is -0.0397. The highest BCUT2D eigenvalue weighted by molar-refractivity contribution is 8.04. The topological polar surface area (TPSA) is 63.6 Å². The van der Waals surface area contributed by atoms with Crippen LogP contribution in [0.25, 0.3) is 0 Å². The fraction of sp³-hybridized carbons (Fsp3) is 0.200. The van der Waals surface area contributed by atoms with E-state index in [1.165, 1.54) is 12.2 Å². The first-order valence-electron chi connectivity index (χ1n) is 2.61. The molecule has 0 fully saturated rings. The second-order valence-electron chi connectivity index (χ2n) is 1.65. The number of nitrogens with zero attached hydrogens (tertiary/aromatic N) is 1. The largest absolute Gasteiger partial charge is 0.236 e. The zero-order valence-corrected chi connectivity index (χ0v) is 6.85. The van der Waals surface area contributed by atoms with Gasteiger partial charge in [-0.2, -0.15) is 13.4 Å². The van der Waals surface area contributed by atoms with E-state index in [-0.39, 0.29) is 4.86 Å². The van der Waals surface area contributed by atoms with Gasteiger partial charge in [0.2, 0.25) is 16.4 Å². The van der Waals surface area contributed by atoms with Gasteiger partial charge in [0, 0.05) is 0 Å². The standard InChI is InChI=1S/C5H3NO3S2/c7-3-6-5-4(11(8)9)1-2-10-5/h1-2,5H. The third kappa shape index (κ3) is 1.80. The molecule has 0 spiro atoms. The van der Waals surface area contributed by atoms with Crippen LogP contribution in [0.4, 0.5) is 0 Å². The van der Waals surface area contributed by atoms with Gasteiger partial charge in [-0.15, -0.1) is 11.8 Å². The Morgan fingerprint density at radius 1 is 1.64 bits per heavy atom. The maximum atomic E-state index is 10.4. The summed E-state index contributed by atoms with van der Waals surface area (Å²) in [6, 6.07) is 0. The van der Waals surface area contributed by atoms with Crippen molar-refractivity contribution in [2.45, 2.75) is 5.37 Å². The van der Waals surface area contributed by atoms with Gasteiger partial charge in [-0.25, -0.2) is 4.79 Å². The molecule has 0 aromatic heterocycles. The molecule has 0 saturated heterocycles. The van der Waals surface area contributed by atoms with E-state index in [9.17, 15) is 13.2 Å². The van der Waals surface area contributed by atoms with E-state index in [0.717, 1.165) is 11.8 Å². The minimum Gasteiger partial charge on any atom is -0.211 e. The monoisotopic (exact) mass is 189 g/mol. The Bertz CT molecular complexity index is 353. The highest BCUT2D eigenvalue weighted by Gasteiger charge is 2.18. The number of aliphatic imine (C=N–C) groups is 1. The summed E-state index contributed by atoms with van der Waals surface area (Å²) in [6.07, 6.45) is 2.73. The lowest BCUT2D eigenvalue weighted by Crippen LogP contribution is -2.07. The van der Waals surface area contributed by atoms with Gasteiger partial charge in [-0.1, -0.05) is 0 Å². The molecular formula is C5H3NO3S2. The molecule has 1 atom stereocenters. The zero-order chi connectivity index (χ0) is 8.27. The van der Waals surface area contributed by atoms with E-state index in [4.69, 9.17) is 0 Å². The van der Waals surface area contributed by atoms with Crippen molar-refractivity contribution in [3.05, 3.63) is 11.5 Å². The van der Waals surface area contributed by atoms with Gasteiger partial charge in [0.25, 0.3) is 0 Å². The Labute approximate surface area is 68.5 Å². The number of hydrogen-bond acceptors (Lipinski definition) is 5. The average molecular weight is 189 g/mol.